The second-order valence-electron chi connectivity index (χ2n) is 5.59. The molecule has 7 heteroatoms. The third-order valence-corrected chi connectivity index (χ3v) is 3.39. The topological polar surface area (TPSA) is 78.9 Å². The Balaban J connectivity index is 2.27. The van der Waals surface area contributed by atoms with Crippen LogP contribution in [0.15, 0.2) is 0 Å². The van der Waals surface area contributed by atoms with E-state index >= 15 is 0 Å². The lowest BCUT2D eigenvalue weighted by Crippen LogP contribution is -2.45. The van der Waals surface area contributed by atoms with Crippen molar-refractivity contribution in [2.24, 2.45) is 0 Å². The molecule has 2 N–H and O–H groups in total. The number of nitrogens with zero attached hydrogens (tertiary/aromatic N) is 1. The highest BCUT2D eigenvalue weighted by Crippen LogP contribution is 2.19. The van der Waals surface area contributed by atoms with Crippen molar-refractivity contribution in [1.82, 2.24) is 10.2 Å². The van der Waals surface area contributed by atoms with Crippen LogP contribution in [0, 0.1) is 0 Å². The molecule has 1 heterocycles. The van der Waals surface area contributed by atoms with Crippen LogP contribution in [-0.2, 0) is 9.30 Å². The number of carbonyl (C=O) groups is 1. The normalized spacial score (nSPS) is 20.4. The predicted molar refractivity (Wildman–Crippen MR) is 70.1 cm³/mol. The summed E-state index contributed by atoms with van der Waals surface area (Å²) in [4.78, 5) is 22.4. The van der Waals surface area contributed by atoms with E-state index in [4.69, 9.17) is 9.63 Å². The maximum absolute atomic E-state index is 11.6. The van der Waals surface area contributed by atoms with Crippen molar-refractivity contribution in [2.45, 2.75) is 45.3 Å². The molecule has 1 fully saturated rings. The van der Waals surface area contributed by atoms with Gasteiger partial charge in [0, 0.05) is 19.1 Å². The molecule has 0 saturated carbocycles. The smallest absolute Gasteiger partial charge is 0.407 e. The average Bonchev–Trinajstić information content (AvgIpc) is 2.17. The largest absolute Gasteiger partial charge is 0.444 e. The Morgan fingerprint density at radius 1 is 1.44 bits per heavy atom. The first-order valence-corrected chi connectivity index (χ1v) is 7.76. The molecule has 0 aromatic carbocycles. The van der Waals surface area contributed by atoms with Gasteiger partial charge in [0.15, 0.2) is 0 Å². The molecule has 1 rings (SSSR count). The van der Waals surface area contributed by atoms with Crippen LogP contribution >= 0.6 is 8.03 Å². The third-order valence-electron chi connectivity index (χ3n) is 2.67. The first-order valence-electron chi connectivity index (χ1n) is 6.20. The molecular weight excluding hydrogens is 255 g/mol. The Kier molecular flexibility index (Phi) is 5.63. The quantitative estimate of drug-likeness (QED) is 0.763. The van der Waals surface area contributed by atoms with Gasteiger partial charge in [0.05, 0.1) is 6.29 Å². The first kappa shape index (κ1) is 15.5. The van der Waals surface area contributed by atoms with E-state index < -0.39 is 19.7 Å². The Morgan fingerprint density at radius 2 is 2.00 bits per heavy atom. The van der Waals surface area contributed by atoms with Crippen LogP contribution in [0.25, 0.3) is 0 Å². The summed E-state index contributed by atoms with van der Waals surface area (Å²) < 4.78 is 15.9. The minimum absolute atomic E-state index is 0.0946. The summed E-state index contributed by atoms with van der Waals surface area (Å²) in [5.41, 5.74) is -0.485. The van der Waals surface area contributed by atoms with E-state index in [0.29, 0.717) is 0 Å². The van der Waals surface area contributed by atoms with Crippen molar-refractivity contribution in [2.75, 3.05) is 19.4 Å². The average molecular weight is 278 g/mol. The molecule has 1 aliphatic rings. The summed E-state index contributed by atoms with van der Waals surface area (Å²) in [7, 11) is -2.43. The second-order valence-corrected chi connectivity index (χ2v) is 6.69. The number of hydrogen-bond acceptors (Lipinski definition) is 4. The molecule has 1 atom stereocenters. The van der Waals surface area contributed by atoms with Crippen molar-refractivity contribution < 1.29 is 19.0 Å². The van der Waals surface area contributed by atoms with Gasteiger partial charge in [-0.15, -0.1) is 0 Å². The zero-order valence-corrected chi connectivity index (χ0v) is 12.2. The molecule has 6 nitrogen and oxygen atoms in total. The maximum Gasteiger partial charge on any atom is 0.407 e. The fourth-order valence-electron chi connectivity index (χ4n) is 1.90. The molecule has 1 amide bonds. The molecule has 1 saturated heterocycles. The van der Waals surface area contributed by atoms with Crippen LogP contribution in [0.2, 0.25) is 0 Å². The number of amides is 1. The zero-order chi connectivity index (χ0) is 13.8. The van der Waals surface area contributed by atoms with Crippen molar-refractivity contribution in [3.05, 3.63) is 0 Å². The first-order chi connectivity index (χ1) is 8.26. The number of hydrogen-bond donors (Lipinski definition) is 2. The molecule has 0 bridgehead atoms. The standard InChI is InChI=1S/C11H23N2O4P/c1-11(2,3)17-10(14)12-9-4-6-13(7-5-9)8-18(15)16/h9,18H,4-8H2,1-3H3,(H,12,14)(H,15,16). The van der Waals surface area contributed by atoms with Crippen LogP contribution in [0.4, 0.5) is 4.79 Å². The number of carbonyl (C=O) groups excluding carboxylic acids is 1. The van der Waals surface area contributed by atoms with Gasteiger partial charge < -0.3 is 14.9 Å². The zero-order valence-electron chi connectivity index (χ0n) is 11.2. The van der Waals surface area contributed by atoms with Gasteiger partial charge in [-0.25, -0.2) is 4.79 Å². The fraction of sp³-hybridized carbons (Fsp3) is 0.909. The lowest BCUT2D eigenvalue weighted by atomic mass is 10.1. The summed E-state index contributed by atoms with van der Waals surface area (Å²) in [6.45, 7) is 6.95. The highest BCUT2D eigenvalue weighted by atomic mass is 31.1. The van der Waals surface area contributed by atoms with Crippen molar-refractivity contribution in [3.63, 3.8) is 0 Å². The molecule has 0 aromatic heterocycles. The fourth-order valence-corrected chi connectivity index (χ4v) is 2.60. The summed E-state index contributed by atoms with van der Waals surface area (Å²) in [6, 6.07) is 0.0946. The van der Waals surface area contributed by atoms with E-state index in [9.17, 15) is 9.36 Å². The minimum atomic E-state index is -2.43. The van der Waals surface area contributed by atoms with Gasteiger partial charge in [-0.3, -0.25) is 9.46 Å². The van der Waals surface area contributed by atoms with Crippen LogP contribution in [0.5, 0.6) is 0 Å². The maximum atomic E-state index is 11.6. The van der Waals surface area contributed by atoms with E-state index in [2.05, 4.69) is 5.32 Å². The Hall–Kier alpha value is -0.580. The van der Waals surface area contributed by atoms with Crippen molar-refractivity contribution in [1.29, 1.82) is 0 Å². The van der Waals surface area contributed by atoms with E-state index in [0.717, 1.165) is 25.9 Å². The van der Waals surface area contributed by atoms with Gasteiger partial charge >= 0.3 is 6.09 Å². The van der Waals surface area contributed by atoms with Crippen LogP contribution in [0.1, 0.15) is 33.6 Å². The lowest BCUT2D eigenvalue weighted by Gasteiger charge is -2.32. The molecule has 18 heavy (non-hydrogen) atoms. The summed E-state index contributed by atoms with van der Waals surface area (Å²) >= 11 is 0. The van der Waals surface area contributed by atoms with Gasteiger partial charge in [-0.05, 0) is 33.6 Å². The third kappa shape index (κ3) is 6.38. The molecule has 106 valence electrons. The highest BCUT2D eigenvalue weighted by Gasteiger charge is 2.23. The molecule has 1 unspecified atom stereocenters. The second kappa shape index (κ2) is 6.55. The Labute approximate surface area is 109 Å². The number of nitrogens with one attached hydrogen (secondary N) is 1. The molecule has 0 radical (unpaired) electrons. The van der Waals surface area contributed by atoms with Crippen molar-refractivity contribution >= 4 is 14.1 Å². The summed E-state index contributed by atoms with van der Waals surface area (Å²) in [5.74, 6) is 0. The SMILES string of the molecule is CC(C)(C)OC(=O)NC1CCN(C[PH](=O)O)CC1. The number of ether oxygens (including phenoxy) is 1. The highest BCUT2D eigenvalue weighted by molar-refractivity contribution is 7.37. The van der Waals surface area contributed by atoms with Crippen molar-refractivity contribution in [3.8, 4) is 0 Å². The van der Waals surface area contributed by atoms with Gasteiger partial charge in [0.1, 0.15) is 5.60 Å². The monoisotopic (exact) mass is 278 g/mol. The van der Waals surface area contributed by atoms with E-state index in [1.54, 1.807) is 0 Å². The molecule has 0 spiro atoms. The van der Waals surface area contributed by atoms with Crippen LogP contribution < -0.4 is 5.32 Å². The number of rotatable bonds is 3. The minimum Gasteiger partial charge on any atom is -0.444 e. The van der Waals surface area contributed by atoms with E-state index in [-0.39, 0.29) is 12.3 Å². The lowest BCUT2D eigenvalue weighted by molar-refractivity contribution is 0.0481. The van der Waals surface area contributed by atoms with Gasteiger partial charge in [0.2, 0.25) is 8.03 Å². The van der Waals surface area contributed by atoms with E-state index in [1.807, 2.05) is 25.7 Å². The molecular formula is C11H23N2O4P. The summed E-state index contributed by atoms with van der Waals surface area (Å²) in [6.07, 6.45) is 1.43. The van der Waals surface area contributed by atoms with Crippen LogP contribution in [0.3, 0.4) is 0 Å². The van der Waals surface area contributed by atoms with Gasteiger partial charge in [-0.2, -0.15) is 0 Å². The molecule has 0 aromatic rings. The van der Waals surface area contributed by atoms with Crippen LogP contribution in [-0.4, -0.2) is 46.9 Å². The number of alkyl carbamates (subject to hydrolysis) is 1. The molecule has 0 aliphatic carbocycles. The van der Waals surface area contributed by atoms with Gasteiger partial charge in [0.25, 0.3) is 0 Å². The molecule has 1 aliphatic heterocycles. The Morgan fingerprint density at radius 3 is 2.44 bits per heavy atom. The Bertz CT molecular complexity index is 309. The predicted octanol–water partition coefficient (Wildman–Crippen LogP) is 1.40. The summed E-state index contributed by atoms with van der Waals surface area (Å²) in [5, 5.41) is 2.83. The van der Waals surface area contributed by atoms with E-state index in [1.165, 1.54) is 0 Å². The van der Waals surface area contributed by atoms with Gasteiger partial charge in [-0.1, -0.05) is 0 Å². The number of piperidine rings is 1. The number of likely N-dealkylation sites (tertiary alicyclic amines) is 1.